The summed E-state index contributed by atoms with van der Waals surface area (Å²) >= 11 is 0. The summed E-state index contributed by atoms with van der Waals surface area (Å²) in [5, 5.41) is 0. The summed E-state index contributed by atoms with van der Waals surface area (Å²) in [6.07, 6.45) is 0. The first-order valence-electron chi connectivity index (χ1n) is 10.1. The van der Waals surface area contributed by atoms with E-state index in [4.69, 9.17) is 4.74 Å². The Morgan fingerprint density at radius 3 is 1.73 bits per heavy atom. The molecular formula is C27H27O2S+. The summed E-state index contributed by atoms with van der Waals surface area (Å²) in [7, 11) is -0.238. The molecule has 0 aliphatic heterocycles. The van der Waals surface area contributed by atoms with Gasteiger partial charge in [-0.15, -0.1) is 0 Å². The standard InChI is InChI=1S/C27H27O2S/c1-21(2)19-20-27(3,4)29-26(28)22-15-17-25(18-16-22)30(23-11-7-5-8-12-23)24-13-9-6-10-14-24/h5-18,21H,1-4H3/q+1. The van der Waals surface area contributed by atoms with Crippen LogP contribution in [0.15, 0.2) is 99.6 Å². The second-order valence-corrected chi connectivity index (χ2v) is 9.81. The van der Waals surface area contributed by atoms with Gasteiger partial charge in [0, 0.05) is 5.92 Å². The summed E-state index contributed by atoms with van der Waals surface area (Å²) in [6, 6.07) is 28.6. The van der Waals surface area contributed by atoms with Crippen LogP contribution >= 0.6 is 0 Å². The Hall–Kier alpha value is -2.96. The first kappa shape index (κ1) is 21.7. The first-order valence-corrected chi connectivity index (χ1v) is 11.3. The van der Waals surface area contributed by atoms with Crippen molar-refractivity contribution in [3.05, 3.63) is 90.5 Å². The molecule has 0 spiro atoms. The van der Waals surface area contributed by atoms with E-state index in [1.54, 1.807) is 0 Å². The zero-order chi connectivity index (χ0) is 21.6. The maximum absolute atomic E-state index is 12.6. The van der Waals surface area contributed by atoms with Crippen molar-refractivity contribution in [1.82, 2.24) is 0 Å². The molecule has 0 aliphatic carbocycles. The van der Waals surface area contributed by atoms with E-state index in [1.165, 1.54) is 9.79 Å². The van der Waals surface area contributed by atoms with E-state index in [0.717, 1.165) is 4.90 Å². The Bertz CT molecular complexity index is 987. The van der Waals surface area contributed by atoms with Crippen LogP contribution in [-0.4, -0.2) is 11.6 Å². The Kier molecular flexibility index (Phi) is 7.03. The normalized spacial score (nSPS) is 11.1. The van der Waals surface area contributed by atoms with Gasteiger partial charge in [-0.2, -0.15) is 0 Å². The van der Waals surface area contributed by atoms with E-state index >= 15 is 0 Å². The fourth-order valence-corrected chi connectivity index (χ4v) is 4.97. The van der Waals surface area contributed by atoms with Gasteiger partial charge in [0.05, 0.1) is 16.5 Å². The molecule has 0 unspecified atom stereocenters. The lowest BCUT2D eigenvalue weighted by Crippen LogP contribution is -2.26. The second-order valence-electron chi connectivity index (χ2n) is 7.78. The molecule has 0 aliphatic rings. The van der Waals surface area contributed by atoms with E-state index in [9.17, 15) is 4.79 Å². The lowest BCUT2D eigenvalue weighted by molar-refractivity contribution is 0.0203. The predicted octanol–water partition coefficient (Wildman–Crippen LogP) is 6.38. The molecular weight excluding hydrogens is 388 g/mol. The molecule has 3 aromatic rings. The highest BCUT2D eigenvalue weighted by molar-refractivity contribution is 7.97. The van der Waals surface area contributed by atoms with Gasteiger partial charge in [-0.25, -0.2) is 4.79 Å². The Morgan fingerprint density at radius 2 is 1.27 bits per heavy atom. The van der Waals surface area contributed by atoms with Crippen LogP contribution in [0.5, 0.6) is 0 Å². The smallest absolute Gasteiger partial charge is 0.339 e. The summed E-state index contributed by atoms with van der Waals surface area (Å²) in [5.41, 5.74) is -0.291. The number of carbonyl (C=O) groups excluding carboxylic acids is 1. The summed E-state index contributed by atoms with van der Waals surface area (Å²) in [6.45, 7) is 7.66. The molecule has 0 amide bonds. The molecule has 0 radical (unpaired) electrons. The van der Waals surface area contributed by atoms with Gasteiger partial charge in [0.15, 0.2) is 20.3 Å². The van der Waals surface area contributed by atoms with E-state index in [0.29, 0.717) is 5.56 Å². The molecule has 0 bridgehead atoms. The van der Waals surface area contributed by atoms with Crippen molar-refractivity contribution in [2.75, 3.05) is 0 Å². The third-order valence-electron chi connectivity index (χ3n) is 4.29. The summed E-state index contributed by atoms with van der Waals surface area (Å²) in [5.74, 6) is 5.99. The van der Waals surface area contributed by atoms with Crippen LogP contribution in [0.3, 0.4) is 0 Å². The Morgan fingerprint density at radius 1 is 0.800 bits per heavy atom. The lowest BCUT2D eigenvalue weighted by Gasteiger charge is -2.19. The minimum Gasteiger partial charge on any atom is -0.443 e. The van der Waals surface area contributed by atoms with Crippen LogP contribution in [-0.2, 0) is 15.6 Å². The van der Waals surface area contributed by atoms with Gasteiger partial charge in [0.1, 0.15) is 0 Å². The molecule has 0 saturated heterocycles. The van der Waals surface area contributed by atoms with Gasteiger partial charge in [0.2, 0.25) is 0 Å². The molecule has 3 rings (SSSR count). The Labute approximate surface area is 182 Å². The summed E-state index contributed by atoms with van der Waals surface area (Å²) in [4.78, 5) is 16.3. The minimum absolute atomic E-state index is 0.233. The van der Waals surface area contributed by atoms with Crippen molar-refractivity contribution >= 4 is 16.9 Å². The third kappa shape index (κ3) is 5.78. The number of carbonyl (C=O) groups is 1. The molecule has 0 N–H and O–H groups in total. The molecule has 0 saturated carbocycles. The van der Waals surface area contributed by atoms with Gasteiger partial charge in [-0.05, 0) is 62.4 Å². The molecule has 0 heterocycles. The molecule has 30 heavy (non-hydrogen) atoms. The fourth-order valence-electron chi connectivity index (χ4n) is 2.88. The van der Waals surface area contributed by atoms with Crippen molar-refractivity contribution in [2.45, 2.75) is 48.0 Å². The van der Waals surface area contributed by atoms with Gasteiger partial charge < -0.3 is 4.74 Å². The first-order chi connectivity index (χ1) is 14.4. The summed E-state index contributed by atoms with van der Waals surface area (Å²) < 4.78 is 5.63. The molecule has 3 heteroatoms. The quantitative estimate of drug-likeness (QED) is 0.275. The zero-order valence-corrected chi connectivity index (χ0v) is 18.7. The fraction of sp³-hybridized carbons (Fsp3) is 0.222. The van der Waals surface area contributed by atoms with Gasteiger partial charge >= 0.3 is 5.97 Å². The topological polar surface area (TPSA) is 26.3 Å². The molecule has 0 fully saturated rings. The van der Waals surface area contributed by atoms with E-state index < -0.39 is 5.60 Å². The van der Waals surface area contributed by atoms with Crippen LogP contribution in [0.2, 0.25) is 0 Å². The van der Waals surface area contributed by atoms with Crippen molar-refractivity contribution < 1.29 is 9.53 Å². The van der Waals surface area contributed by atoms with Crippen LogP contribution in [0.1, 0.15) is 38.1 Å². The molecule has 152 valence electrons. The predicted molar refractivity (Wildman–Crippen MR) is 124 cm³/mol. The monoisotopic (exact) mass is 415 g/mol. The number of hydrogen-bond acceptors (Lipinski definition) is 2. The largest absolute Gasteiger partial charge is 0.443 e. The van der Waals surface area contributed by atoms with Crippen LogP contribution in [0.25, 0.3) is 0 Å². The highest BCUT2D eigenvalue weighted by Crippen LogP contribution is 2.31. The van der Waals surface area contributed by atoms with Crippen LogP contribution < -0.4 is 0 Å². The van der Waals surface area contributed by atoms with Crippen molar-refractivity contribution in [3.8, 4) is 11.8 Å². The molecule has 2 nitrogen and oxygen atoms in total. The average molecular weight is 416 g/mol. The van der Waals surface area contributed by atoms with Gasteiger partial charge in [-0.3, -0.25) is 0 Å². The Balaban J connectivity index is 1.86. The van der Waals surface area contributed by atoms with Gasteiger partial charge in [-0.1, -0.05) is 62.1 Å². The van der Waals surface area contributed by atoms with Crippen LogP contribution in [0, 0.1) is 17.8 Å². The van der Waals surface area contributed by atoms with Crippen molar-refractivity contribution in [3.63, 3.8) is 0 Å². The lowest BCUT2D eigenvalue weighted by atomic mass is 10.1. The molecule has 0 atom stereocenters. The van der Waals surface area contributed by atoms with E-state index in [1.807, 2.05) is 64.1 Å². The minimum atomic E-state index is -0.821. The van der Waals surface area contributed by atoms with Gasteiger partial charge in [0.25, 0.3) is 0 Å². The number of rotatable bonds is 5. The maximum Gasteiger partial charge on any atom is 0.339 e. The zero-order valence-electron chi connectivity index (χ0n) is 17.9. The number of ether oxygens (including phenoxy) is 1. The van der Waals surface area contributed by atoms with Crippen molar-refractivity contribution in [2.24, 2.45) is 5.92 Å². The van der Waals surface area contributed by atoms with E-state index in [-0.39, 0.29) is 22.8 Å². The SMILES string of the molecule is CC(C)C#CC(C)(C)OC(=O)c1ccc([S+](c2ccccc2)c2ccccc2)cc1. The maximum atomic E-state index is 12.6. The third-order valence-corrected chi connectivity index (χ3v) is 6.52. The molecule has 3 aromatic carbocycles. The van der Waals surface area contributed by atoms with Crippen molar-refractivity contribution in [1.29, 1.82) is 0 Å². The number of benzene rings is 3. The van der Waals surface area contributed by atoms with E-state index in [2.05, 4.69) is 60.4 Å². The second kappa shape index (κ2) is 9.69. The van der Waals surface area contributed by atoms with Crippen LogP contribution in [0.4, 0.5) is 0 Å². The number of esters is 1. The highest BCUT2D eigenvalue weighted by Gasteiger charge is 2.29. The molecule has 0 aromatic heterocycles. The number of hydrogen-bond donors (Lipinski definition) is 0. The average Bonchev–Trinajstić information content (AvgIpc) is 2.74. The highest BCUT2D eigenvalue weighted by atomic mass is 32.2.